The average molecular weight is 806 g/mol. The fourth-order valence-electron chi connectivity index (χ4n) is 8.33. The molecule has 58 heavy (non-hydrogen) atoms. The lowest BCUT2D eigenvalue weighted by molar-refractivity contribution is -0.141. The minimum Gasteiger partial charge on any atom is -0.444 e. The average Bonchev–Trinajstić information content (AvgIpc) is 3.93. The largest absolute Gasteiger partial charge is 0.444 e. The molecule has 1 saturated carbocycles. The highest BCUT2D eigenvalue weighted by Crippen LogP contribution is 2.36. The number of ether oxygens (including phenoxy) is 2. The highest BCUT2D eigenvalue weighted by Gasteiger charge is 2.41. The van der Waals surface area contributed by atoms with E-state index in [1.165, 1.54) is 5.56 Å². The summed E-state index contributed by atoms with van der Waals surface area (Å²) < 4.78 is 10.8. The van der Waals surface area contributed by atoms with E-state index in [0.717, 1.165) is 62.0 Å². The van der Waals surface area contributed by atoms with Crippen LogP contribution in [-0.2, 0) is 23.9 Å². The third-order valence-electron chi connectivity index (χ3n) is 11.3. The second-order valence-electron chi connectivity index (χ2n) is 19.0. The lowest BCUT2D eigenvalue weighted by atomic mass is 9.81. The lowest BCUT2D eigenvalue weighted by Gasteiger charge is -2.33. The van der Waals surface area contributed by atoms with E-state index in [4.69, 9.17) is 14.5 Å². The van der Waals surface area contributed by atoms with Crippen LogP contribution in [0.15, 0.2) is 30.5 Å². The summed E-state index contributed by atoms with van der Waals surface area (Å²) in [5, 5.41) is 8.79. The Morgan fingerprint density at radius 3 is 1.78 bits per heavy atom. The van der Waals surface area contributed by atoms with Crippen molar-refractivity contribution in [3.05, 3.63) is 41.9 Å². The van der Waals surface area contributed by atoms with Crippen LogP contribution >= 0.6 is 0 Å². The van der Waals surface area contributed by atoms with Crippen molar-refractivity contribution in [3.8, 4) is 11.3 Å². The number of nitrogens with one attached hydrogen (secondary N) is 4. The van der Waals surface area contributed by atoms with Gasteiger partial charge in [0.1, 0.15) is 35.2 Å². The Hall–Kier alpha value is -4.62. The Balaban J connectivity index is 1.13. The van der Waals surface area contributed by atoms with E-state index in [9.17, 15) is 24.0 Å². The van der Waals surface area contributed by atoms with Crippen molar-refractivity contribution in [2.75, 3.05) is 13.1 Å². The van der Waals surface area contributed by atoms with Gasteiger partial charge in [0.2, 0.25) is 17.7 Å². The Morgan fingerprint density at radius 2 is 1.24 bits per heavy atom. The first-order chi connectivity index (χ1) is 27.2. The van der Waals surface area contributed by atoms with E-state index >= 15 is 0 Å². The van der Waals surface area contributed by atoms with Crippen LogP contribution in [0.1, 0.15) is 144 Å². The number of aromatic nitrogens is 2. The zero-order chi connectivity index (χ0) is 42.5. The number of hydrogen-bond donors (Lipinski definition) is 4. The topological polar surface area (TPSA) is 175 Å². The number of H-pyrrole nitrogens is 1. The Morgan fingerprint density at radius 1 is 0.724 bits per heavy atom. The maximum atomic E-state index is 13.8. The summed E-state index contributed by atoms with van der Waals surface area (Å²) in [4.78, 5) is 77.7. The quantitative estimate of drug-likeness (QED) is 0.188. The van der Waals surface area contributed by atoms with Gasteiger partial charge >= 0.3 is 12.2 Å². The van der Waals surface area contributed by atoms with E-state index in [1.807, 2.05) is 38.8 Å². The van der Waals surface area contributed by atoms with E-state index in [0.29, 0.717) is 25.4 Å². The molecular weight excluding hydrogens is 739 g/mol. The molecule has 0 bridgehead atoms. The molecule has 14 nitrogen and oxygen atoms in total. The van der Waals surface area contributed by atoms with Gasteiger partial charge in [-0.1, -0.05) is 52.0 Å². The Bertz CT molecular complexity index is 1750. The molecule has 1 aromatic heterocycles. The van der Waals surface area contributed by atoms with Crippen molar-refractivity contribution in [2.24, 2.45) is 11.8 Å². The van der Waals surface area contributed by atoms with Gasteiger partial charge in [0.05, 0.1) is 17.9 Å². The van der Waals surface area contributed by atoms with E-state index < -0.39 is 41.5 Å². The minimum atomic E-state index is -0.785. The van der Waals surface area contributed by atoms with Gasteiger partial charge in [0.15, 0.2) is 0 Å². The third kappa shape index (κ3) is 11.5. The van der Waals surface area contributed by atoms with Gasteiger partial charge in [-0.3, -0.25) is 14.4 Å². The van der Waals surface area contributed by atoms with Gasteiger partial charge in [-0.15, -0.1) is 0 Å². The number of hydrogen-bond acceptors (Lipinski definition) is 8. The zero-order valence-corrected chi connectivity index (χ0v) is 36.3. The van der Waals surface area contributed by atoms with E-state index in [1.54, 1.807) is 46.4 Å². The fraction of sp³-hybridized carbons (Fsp3) is 0.682. The molecule has 5 amide bonds. The molecule has 320 valence electrons. The molecule has 4 atom stereocenters. The summed E-state index contributed by atoms with van der Waals surface area (Å²) in [7, 11) is 0. The van der Waals surface area contributed by atoms with Crippen LogP contribution in [-0.4, -0.2) is 98.1 Å². The van der Waals surface area contributed by atoms with Crippen LogP contribution in [0.4, 0.5) is 9.59 Å². The number of carbonyl (C=O) groups is 5. The molecular formula is C44H67N7O7. The predicted octanol–water partition coefficient (Wildman–Crippen LogP) is 6.97. The van der Waals surface area contributed by atoms with Crippen molar-refractivity contribution in [2.45, 2.75) is 168 Å². The molecule has 4 N–H and O–H groups in total. The molecule has 0 spiro atoms. The number of carbonyl (C=O) groups excluding carboxylic acids is 5. The maximum Gasteiger partial charge on any atom is 0.408 e. The van der Waals surface area contributed by atoms with Gasteiger partial charge in [-0.05, 0) is 122 Å². The minimum absolute atomic E-state index is 0.0377. The normalized spacial score (nSPS) is 22.4. The highest BCUT2D eigenvalue weighted by molar-refractivity contribution is 5.92. The van der Waals surface area contributed by atoms with Gasteiger partial charge in [0, 0.05) is 19.1 Å². The number of rotatable bonds is 11. The SMILES string of the molecule is CC(C)C(NC(=O)OC(C)(C)C)C(=O)N1CCCC1C(=O)NC1CCC(c2ccc(-c3cnc(C4CCCN4C(=O)C(NC(=O)OC(C)(C)C)C(C)C)[nH]3)cc2)CC1. The molecule has 3 aliphatic rings. The molecule has 4 unspecified atom stereocenters. The molecule has 14 heteroatoms. The van der Waals surface area contributed by atoms with Crippen molar-refractivity contribution < 1.29 is 33.4 Å². The maximum absolute atomic E-state index is 13.8. The van der Waals surface area contributed by atoms with Crippen LogP contribution < -0.4 is 16.0 Å². The van der Waals surface area contributed by atoms with Crippen LogP contribution in [0.5, 0.6) is 0 Å². The molecule has 3 fully saturated rings. The molecule has 2 aliphatic heterocycles. The van der Waals surface area contributed by atoms with Crippen LogP contribution in [0.25, 0.3) is 11.3 Å². The van der Waals surface area contributed by atoms with Crippen molar-refractivity contribution >= 4 is 29.9 Å². The first-order valence-corrected chi connectivity index (χ1v) is 21.3. The summed E-state index contributed by atoms with van der Waals surface area (Å²) in [5.41, 5.74) is 1.77. The van der Waals surface area contributed by atoms with Crippen molar-refractivity contribution in [3.63, 3.8) is 0 Å². The van der Waals surface area contributed by atoms with Gasteiger partial charge < -0.3 is 40.2 Å². The number of benzene rings is 1. The standard InChI is InChI=1S/C44H67N7O7/c1-26(2)35(48-41(55)57-43(5,6)7)39(53)50-23-11-13-33(50)37-45-25-32(47-37)30-17-15-28(16-18-30)29-19-21-31(22-20-29)46-38(52)34-14-12-24-51(34)40(54)36(27(3)4)49-42(56)58-44(8,9)10/h15-18,25-27,29,31,33-36H,11-14,19-24H2,1-10H3,(H,45,47)(H,46,52)(H,48,55)(H,49,56). The number of likely N-dealkylation sites (tertiary alicyclic amines) is 2. The third-order valence-corrected chi connectivity index (χ3v) is 11.3. The van der Waals surface area contributed by atoms with Gasteiger partial charge in [-0.25, -0.2) is 14.6 Å². The smallest absolute Gasteiger partial charge is 0.408 e. The molecule has 1 aromatic carbocycles. The second-order valence-corrected chi connectivity index (χ2v) is 19.0. The van der Waals surface area contributed by atoms with Crippen molar-refractivity contribution in [1.29, 1.82) is 0 Å². The Labute approximate surface area is 344 Å². The monoisotopic (exact) mass is 806 g/mol. The van der Waals surface area contributed by atoms with Crippen LogP contribution in [0.3, 0.4) is 0 Å². The second kappa shape index (κ2) is 18.5. The summed E-state index contributed by atoms with van der Waals surface area (Å²) in [6.45, 7) is 19.4. The number of amides is 5. The number of nitrogens with zero attached hydrogens (tertiary/aromatic N) is 3. The summed E-state index contributed by atoms with van der Waals surface area (Å²) in [5.74, 6) is 0.284. The Kier molecular flexibility index (Phi) is 14.2. The summed E-state index contributed by atoms with van der Waals surface area (Å²) in [6.07, 6.45) is 7.09. The lowest BCUT2D eigenvalue weighted by Crippen LogP contribution is -2.56. The van der Waals surface area contributed by atoms with E-state index in [-0.39, 0.29) is 41.6 Å². The summed E-state index contributed by atoms with van der Waals surface area (Å²) in [6, 6.07) is 6.31. The summed E-state index contributed by atoms with van der Waals surface area (Å²) >= 11 is 0. The number of imidazole rings is 1. The fourth-order valence-corrected chi connectivity index (χ4v) is 8.33. The first-order valence-electron chi connectivity index (χ1n) is 21.3. The molecule has 0 radical (unpaired) electrons. The molecule has 2 aromatic rings. The van der Waals surface area contributed by atoms with Crippen LogP contribution in [0, 0.1) is 11.8 Å². The van der Waals surface area contributed by atoms with Gasteiger partial charge in [-0.2, -0.15) is 0 Å². The first kappa shape index (κ1) is 44.5. The molecule has 3 heterocycles. The number of aromatic amines is 1. The highest BCUT2D eigenvalue weighted by atomic mass is 16.6. The molecule has 1 aliphatic carbocycles. The molecule has 5 rings (SSSR count). The van der Waals surface area contributed by atoms with Crippen molar-refractivity contribution in [1.82, 2.24) is 35.7 Å². The van der Waals surface area contributed by atoms with Gasteiger partial charge in [0.25, 0.3) is 0 Å². The molecule has 2 saturated heterocycles. The predicted molar refractivity (Wildman–Crippen MR) is 222 cm³/mol. The van der Waals surface area contributed by atoms with Crippen LogP contribution in [0.2, 0.25) is 0 Å². The number of alkyl carbamates (subject to hydrolysis) is 2. The zero-order valence-electron chi connectivity index (χ0n) is 36.3. The van der Waals surface area contributed by atoms with E-state index in [2.05, 4.69) is 45.2 Å².